The molecule has 0 aliphatic carbocycles. The van der Waals surface area contributed by atoms with E-state index < -0.39 is 28.4 Å². The molecule has 1 aromatic carbocycles. The Hall–Kier alpha value is -2.40. The normalized spacial score (nSPS) is 16.0. The minimum atomic E-state index is -4.49. The highest BCUT2D eigenvalue weighted by atomic mass is 32.2. The second kappa shape index (κ2) is 8.76. The fourth-order valence-electron chi connectivity index (χ4n) is 3.08. The maximum absolute atomic E-state index is 12.4. The Bertz CT molecular complexity index is 973. The van der Waals surface area contributed by atoms with Gasteiger partial charge in [-0.25, -0.2) is 13.4 Å². The summed E-state index contributed by atoms with van der Waals surface area (Å²) in [4.78, 5) is 10.8. The number of nitrogens with one attached hydrogen (secondary N) is 1. The van der Waals surface area contributed by atoms with Crippen molar-refractivity contribution < 1.29 is 21.6 Å². The number of hydrogen-bond donors (Lipinski definition) is 1. The molecule has 1 fully saturated rings. The highest BCUT2D eigenvalue weighted by Crippen LogP contribution is 2.23. The van der Waals surface area contributed by atoms with Gasteiger partial charge in [0.25, 0.3) is 0 Å². The lowest BCUT2D eigenvalue weighted by Crippen LogP contribution is -2.50. The molecule has 7 nitrogen and oxygen atoms in total. The Morgan fingerprint density at radius 1 is 1.03 bits per heavy atom. The van der Waals surface area contributed by atoms with Crippen LogP contribution in [0.2, 0.25) is 0 Å². The highest BCUT2D eigenvalue weighted by Gasteiger charge is 2.34. The van der Waals surface area contributed by atoms with Crippen LogP contribution in [0.25, 0.3) is 0 Å². The van der Waals surface area contributed by atoms with Crippen molar-refractivity contribution in [1.29, 1.82) is 0 Å². The molecule has 0 unspecified atom stereocenters. The minimum Gasteiger partial charge on any atom is -0.340 e. The van der Waals surface area contributed by atoms with Gasteiger partial charge in [0, 0.05) is 43.6 Å². The van der Waals surface area contributed by atoms with Crippen molar-refractivity contribution in [3.05, 3.63) is 41.6 Å². The van der Waals surface area contributed by atoms with Crippen LogP contribution in [0.5, 0.6) is 0 Å². The first-order valence-electron chi connectivity index (χ1n) is 9.51. The molecule has 1 N–H and O–H groups in total. The quantitative estimate of drug-likeness (QED) is 0.739. The molecule has 1 aliphatic rings. The number of anilines is 3. The number of alkyl halides is 3. The first-order valence-corrected chi connectivity index (χ1v) is 11.1. The molecule has 0 radical (unpaired) electrons. The maximum atomic E-state index is 12.4. The summed E-state index contributed by atoms with van der Waals surface area (Å²) in [6.07, 6.45) is -5.84. The molecule has 0 saturated carbocycles. The van der Waals surface area contributed by atoms with Gasteiger partial charge in [-0.2, -0.15) is 22.5 Å². The summed E-state index contributed by atoms with van der Waals surface area (Å²) < 4.78 is 62.6. The molecule has 0 bridgehead atoms. The average molecular weight is 443 g/mol. The van der Waals surface area contributed by atoms with Gasteiger partial charge in [-0.1, -0.05) is 17.7 Å². The molecule has 2 aromatic rings. The summed E-state index contributed by atoms with van der Waals surface area (Å²) in [5.41, 5.74) is 2.77. The topological polar surface area (TPSA) is 78.4 Å². The lowest BCUT2D eigenvalue weighted by Gasteiger charge is -2.34. The zero-order valence-electron chi connectivity index (χ0n) is 16.8. The van der Waals surface area contributed by atoms with E-state index >= 15 is 0 Å². The van der Waals surface area contributed by atoms with Crippen LogP contribution in [-0.2, 0) is 10.0 Å². The molecular weight excluding hydrogens is 419 g/mol. The Morgan fingerprint density at radius 3 is 2.27 bits per heavy atom. The van der Waals surface area contributed by atoms with E-state index in [9.17, 15) is 21.6 Å². The van der Waals surface area contributed by atoms with Gasteiger partial charge in [-0.05, 0) is 26.0 Å². The number of benzene rings is 1. The lowest BCUT2D eigenvalue weighted by molar-refractivity contribution is -0.130. The van der Waals surface area contributed by atoms with Gasteiger partial charge < -0.3 is 10.2 Å². The van der Waals surface area contributed by atoms with E-state index in [0.29, 0.717) is 24.9 Å². The standard InChI is InChI=1S/C19H24F3N5O2S/c1-14-3-5-16(6-4-14)24-17-13-15(2)23-18(25-17)26-8-10-27(11-9-26)30(28,29)12-7-19(20,21)22/h3-6,13H,7-12H2,1-2H3,(H,23,24,25). The molecule has 11 heteroatoms. The molecule has 30 heavy (non-hydrogen) atoms. The number of piperazine rings is 1. The van der Waals surface area contributed by atoms with E-state index in [1.54, 1.807) is 6.07 Å². The van der Waals surface area contributed by atoms with Crippen LogP contribution in [0.4, 0.5) is 30.6 Å². The third kappa shape index (κ3) is 6.05. The lowest BCUT2D eigenvalue weighted by atomic mass is 10.2. The van der Waals surface area contributed by atoms with Gasteiger partial charge in [0.05, 0.1) is 12.2 Å². The van der Waals surface area contributed by atoms with Crippen LogP contribution in [0.15, 0.2) is 30.3 Å². The Morgan fingerprint density at radius 2 is 1.67 bits per heavy atom. The summed E-state index contributed by atoms with van der Waals surface area (Å²) in [5, 5.41) is 3.22. The Labute approximate surface area is 174 Å². The van der Waals surface area contributed by atoms with Gasteiger partial charge >= 0.3 is 6.18 Å². The molecule has 0 atom stereocenters. The van der Waals surface area contributed by atoms with Crippen molar-refractivity contribution in [2.24, 2.45) is 0 Å². The fourth-order valence-corrected chi connectivity index (χ4v) is 4.55. The van der Waals surface area contributed by atoms with E-state index in [2.05, 4.69) is 15.3 Å². The number of rotatable bonds is 6. The number of aromatic nitrogens is 2. The summed E-state index contributed by atoms with van der Waals surface area (Å²) in [6.45, 7) is 4.64. The third-order valence-corrected chi connectivity index (χ3v) is 6.60. The van der Waals surface area contributed by atoms with Gasteiger partial charge in [0.2, 0.25) is 16.0 Å². The summed E-state index contributed by atoms with van der Waals surface area (Å²) in [6, 6.07) is 9.65. The van der Waals surface area contributed by atoms with E-state index in [1.807, 2.05) is 43.0 Å². The van der Waals surface area contributed by atoms with Crippen LogP contribution in [-0.4, -0.2) is 60.8 Å². The van der Waals surface area contributed by atoms with Gasteiger partial charge in [0.1, 0.15) is 5.82 Å². The van der Waals surface area contributed by atoms with E-state index in [0.717, 1.165) is 21.2 Å². The fraction of sp³-hybridized carbons (Fsp3) is 0.474. The van der Waals surface area contributed by atoms with Crippen LogP contribution in [0, 0.1) is 13.8 Å². The zero-order valence-corrected chi connectivity index (χ0v) is 17.6. The van der Waals surface area contributed by atoms with Gasteiger partial charge in [0.15, 0.2) is 0 Å². The molecule has 164 valence electrons. The van der Waals surface area contributed by atoms with Crippen molar-refractivity contribution in [2.75, 3.05) is 42.1 Å². The van der Waals surface area contributed by atoms with Crippen LogP contribution in [0.1, 0.15) is 17.7 Å². The van der Waals surface area contributed by atoms with Crippen molar-refractivity contribution in [3.8, 4) is 0 Å². The van der Waals surface area contributed by atoms with E-state index in [1.165, 1.54) is 0 Å². The number of aryl methyl sites for hydroxylation is 2. The smallest absolute Gasteiger partial charge is 0.340 e. The molecule has 1 aliphatic heterocycles. The number of sulfonamides is 1. The van der Waals surface area contributed by atoms with Crippen molar-refractivity contribution in [1.82, 2.24) is 14.3 Å². The SMILES string of the molecule is Cc1ccc(Nc2cc(C)nc(N3CCN(S(=O)(=O)CCC(F)(F)F)CC3)n2)cc1. The average Bonchev–Trinajstić information content (AvgIpc) is 2.67. The van der Waals surface area contributed by atoms with Crippen molar-refractivity contribution in [2.45, 2.75) is 26.4 Å². The Balaban J connectivity index is 1.65. The van der Waals surface area contributed by atoms with Crippen molar-refractivity contribution >= 4 is 27.5 Å². The summed E-state index contributed by atoms with van der Waals surface area (Å²) >= 11 is 0. The summed E-state index contributed by atoms with van der Waals surface area (Å²) in [5.74, 6) is 0.140. The van der Waals surface area contributed by atoms with Gasteiger partial charge in [-0.3, -0.25) is 0 Å². The molecule has 3 rings (SSSR count). The van der Waals surface area contributed by atoms with Crippen LogP contribution in [0.3, 0.4) is 0 Å². The summed E-state index contributed by atoms with van der Waals surface area (Å²) in [7, 11) is -3.95. The second-order valence-electron chi connectivity index (χ2n) is 7.25. The third-order valence-electron chi connectivity index (χ3n) is 4.72. The molecule has 1 saturated heterocycles. The van der Waals surface area contributed by atoms with Crippen LogP contribution < -0.4 is 10.2 Å². The molecular formula is C19H24F3N5O2S. The molecule has 2 heterocycles. The van der Waals surface area contributed by atoms with Crippen LogP contribution >= 0.6 is 0 Å². The maximum Gasteiger partial charge on any atom is 0.390 e. The molecule has 0 spiro atoms. The van der Waals surface area contributed by atoms with Crippen molar-refractivity contribution in [3.63, 3.8) is 0 Å². The molecule has 0 amide bonds. The second-order valence-corrected chi connectivity index (χ2v) is 9.34. The van der Waals surface area contributed by atoms with Gasteiger partial charge in [-0.15, -0.1) is 0 Å². The first-order chi connectivity index (χ1) is 14.0. The largest absolute Gasteiger partial charge is 0.390 e. The zero-order chi connectivity index (χ0) is 21.9. The molecule has 1 aromatic heterocycles. The van der Waals surface area contributed by atoms with E-state index in [-0.39, 0.29) is 13.1 Å². The predicted molar refractivity (Wildman–Crippen MR) is 109 cm³/mol. The minimum absolute atomic E-state index is 0.0955. The van der Waals surface area contributed by atoms with E-state index in [4.69, 9.17) is 0 Å². The number of halogens is 3. The Kier molecular flexibility index (Phi) is 6.51. The number of hydrogen-bond acceptors (Lipinski definition) is 6. The predicted octanol–water partition coefficient (Wildman–Crippen LogP) is 3.24. The monoisotopic (exact) mass is 443 g/mol. The highest BCUT2D eigenvalue weighted by molar-refractivity contribution is 7.89. The number of nitrogens with zero attached hydrogens (tertiary/aromatic N) is 4. The first kappa shape index (κ1) is 22.3.